The molecule has 6 heteroatoms. The first-order valence-electron chi connectivity index (χ1n) is 6.62. The lowest BCUT2D eigenvalue weighted by atomic mass is 10.2. The molecular formula is C14H19N5O. The van der Waals surface area contributed by atoms with Crippen molar-refractivity contribution >= 4 is 17.5 Å². The van der Waals surface area contributed by atoms with Gasteiger partial charge < -0.3 is 10.6 Å². The minimum Gasteiger partial charge on any atom is -0.369 e. The SMILES string of the molecule is CCCNc1ncccc1C(=O)Nc1cc(C)nn1C. The molecule has 0 atom stereocenters. The Balaban J connectivity index is 2.18. The van der Waals surface area contributed by atoms with E-state index in [1.807, 2.05) is 13.0 Å². The smallest absolute Gasteiger partial charge is 0.260 e. The Morgan fingerprint density at radius 1 is 1.45 bits per heavy atom. The fraction of sp³-hybridized carbons (Fsp3) is 0.357. The fourth-order valence-corrected chi connectivity index (χ4v) is 1.88. The van der Waals surface area contributed by atoms with Gasteiger partial charge in [-0.15, -0.1) is 0 Å². The van der Waals surface area contributed by atoms with Crippen molar-refractivity contribution in [2.24, 2.45) is 7.05 Å². The minimum atomic E-state index is -0.195. The summed E-state index contributed by atoms with van der Waals surface area (Å²) in [5, 5.41) is 10.2. The second kappa shape index (κ2) is 6.18. The number of nitrogens with zero attached hydrogens (tertiary/aromatic N) is 3. The molecule has 0 aliphatic carbocycles. The van der Waals surface area contributed by atoms with Crippen LogP contribution in [0.2, 0.25) is 0 Å². The highest BCUT2D eigenvalue weighted by molar-refractivity contribution is 6.07. The molecule has 0 saturated carbocycles. The van der Waals surface area contributed by atoms with Crippen LogP contribution in [0.25, 0.3) is 0 Å². The zero-order chi connectivity index (χ0) is 14.5. The quantitative estimate of drug-likeness (QED) is 0.876. The van der Waals surface area contributed by atoms with Gasteiger partial charge in [-0.1, -0.05) is 6.92 Å². The predicted octanol–water partition coefficient (Wildman–Crippen LogP) is 2.20. The topological polar surface area (TPSA) is 71.8 Å². The number of aryl methyl sites for hydroxylation is 2. The Hall–Kier alpha value is -2.37. The number of anilines is 2. The maximum absolute atomic E-state index is 12.3. The van der Waals surface area contributed by atoms with Gasteiger partial charge in [0.05, 0.1) is 11.3 Å². The molecule has 6 nitrogen and oxygen atoms in total. The molecule has 0 aliphatic rings. The molecular weight excluding hydrogens is 254 g/mol. The van der Waals surface area contributed by atoms with Crippen LogP contribution in [0.4, 0.5) is 11.6 Å². The molecule has 106 valence electrons. The van der Waals surface area contributed by atoms with E-state index in [9.17, 15) is 4.79 Å². The first kappa shape index (κ1) is 14.0. The fourth-order valence-electron chi connectivity index (χ4n) is 1.88. The van der Waals surface area contributed by atoms with Crippen LogP contribution in [0.5, 0.6) is 0 Å². The van der Waals surface area contributed by atoms with Gasteiger partial charge in [-0.05, 0) is 25.5 Å². The maximum atomic E-state index is 12.3. The lowest BCUT2D eigenvalue weighted by Gasteiger charge is -2.10. The Kier molecular flexibility index (Phi) is 4.34. The highest BCUT2D eigenvalue weighted by atomic mass is 16.1. The van der Waals surface area contributed by atoms with Crippen LogP contribution in [0, 0.1) is 6.92 Å². The van der Waals surface area contributed by atoms with Crippen LogP contribution in [0.1, 0.15) is 29.4 Å². The summed E-state index contributed by atoms with van der Waals surface area (Å²) in [6, 6.07) is 5.33. The summed E-state index contributed by atoms with van der Waals surface area (Å²) in [6.07, 6.45) is 2.64. The molecule has 0 fully saturated rings. The van der Waals surface area contributed by atoms with Crippen LogP contribution < -0.4 is 10.6 Å². The van der Waals surface area contributed by atoms with E-state index in [4.69, 9.17) is 0 Å². The van der Waals surface area contributed by atoms with Crippen molar-refractivity contribution in [3.8, 4) is 0 Å². The van der Waals surface area contributed by atoms with E-state index in [2.05, 4.69) is 27.6 Å². The molecule has 2 N–H and O–H groups in total. The van der Waals surface area contributed by atoms with E-state index in [1.54, 1.807) is 30.1 Å². The summed E-state index contributed by atoms with van der Waals surface area (Å²) in [5.74, 6) is 1.07. The molecule has 2 aromatic heterocycles. The number of carbonyl (C=O) groups is 1. The maximum Gasteiger partial charge on any atom is 0.260 e. The number of hydrogen-bond acceptors (Lipinski definition) is 4. The molecule has 0 spiro atoms. The second-order valence-corrected chi connectivity index (χ2v) is 4.58. The lowest BCUT2D eigenvalue weighted by molar-refractivity contribution is 0.102. The van der Waals surface area contributed by atoms with Gasteiger partial charge in [-0.2, -0.15) is 5.10 Å². The minimum absolute atomic E-state index is 0.195. The van der Waals surface area contributed by atoms with Crippen molar-refractivity contribution in [2.45, 2.75) is 20.3 Å². The van der Waals surface area contributed by atoms with Crippen molar-refractivity contribution in [1.29, 1.82) is 0 Å². The molecule has 0 radical (unpaired) electrons. The summed E-state index contributed by atoms with van der Waals surface area (Å²) < 4.78 is 1.64. The molecule has 20 heavy (non-hydrogen) atoms. The van der Waals surface area contributed by atoms with Crippen LogP contribution in [-0.2, 0) is 7.05 Å². The summed E-state index contributed by atoms with van der Waals surface area (Å²) in [6.45, 7) is 4.73. The Morgan fingerprint density at radius 2 is 2.25 bits per heavy atom. The molecule has 0 unspecified atom stereocenters. The van der Waals surface area contributed by atoms with Crippen LogP contribution in [0.15, 0.2) is 24.4 Å². The van der Waals surface area contributed by atoms with Gasteiger partial charge in [0.1, 0.15) is 11.6 Å². The number of pyridine rings is 1. The van der Waals surface area contributed by atoms with Gasteiger partial charge in [0.2, 0.25) is 0 Å². The lowest BCUT2D eigenvalue weighted by Crippen LogP contribution is -2.17. The third-order valence-electron chi connectivity index (χ3n) is 2.84. The third kappa shape index (κ3) is 3.14. The standard InChI is InChI=1S/C14H19N5O/c1-4-7-15-13-11(6-5-8-16-13)14(20)17-12-9-10(2)18-19(12)3/h5-6,8-9H,4,7H2,1-3H3,(H,15,16)(H,17,20). The average Bonchev–Trinajstić information content (AvgIpc) is 2.75. The predicted molar refractivity (Wildman–Crippen MR) is 78.9 cm³/mol. The number of rotatable bonds is 5. The monoisotopic (exact) mass is 273 g/mol. The molecule has 1 amide bonds. The van der Waals surface area contributed by atoms with Crippen LogP contribution >= 0.6 is 0 Å². The van der Waals surface area contributed by atoms with Crippen molar-refractivity contribution in [3.63, 3.8) is 0 Å². The van der Waals surface area contributed by atoms with Gasteiger partial charge in [0, 0.05) is 25.9 Å². The first-order valence-corrected chi connectivity index (χ1v) is 6.62. The summed E-state index contributed by atoms with van der Waals surface area (Å²) in [4.78, 5) is 16.5. The Bertz CT molecular complexity index is 605. The van der Waals surface area contributed by atoms with Gasteiger partial charge >= 0.3 is 0 Å². The van der Waals surface area contributed by atoms with E-state index in [0.29, 0.717) is 17.2 Å². The largest absolute Gasteiger partial charge is 0.369 e. The Morgan fingerprint density at radius 3 is 2.90 bits per heavy atom. The van der Waals surface area contributed by atoms with E-state index >= 15 is 0 Å². The number of hydrogen-bond donors (Lipinski definition) is 2. The van der Waals surface area contributed by atoms with Gasteiger partial charge in [0.25, 0.3) is 5.91 Å². The van der Waals surface area contributed by atoms with Crippen molar-refractivity contribution in [2.75, 3.05) is 17.2 Å². The zero-order valence-electron chi connectivity index (χ0n) is 12.0. The molecule has 0 aliphatic heterocycles. The average molecular weight is 273 g/mol. The van der Waals surface area contributed by atoms with Crippen molar-refractivity contribution < 1.29 is 4.79 Å². The van der Waals surface area contributed by atoms with Crippen molar-refractivity contribution in [3.05, 3.63) is 35.7 Å². The zero-order valence-corrected chi connectivity index (χ0v) is 12.0. The van der Waals surface area contributed by atoms with Gasteiger partial charge in [-0.3, -0.25) is 9.48 Å². The summed E-state index contributed by atoms with van der Waals surface area (Å²) in [7, 11) is 1.79. The summed E-state index contributed by atoms with van der Waals surface area (Å²) >= 11 is 0. The van der Waals surface area contributed by atoms with Gasteiger partial charge in [-0.25, -0.2) is 4.98 Å². The molecule has 0 aromatic carbocycles. The van der Waals surface area contributed by atoms with E-state index in [-0.39, 0.29) is 5.91 Å². The molecule has 0 bridgehead atoms. The van der Waals surface area contributed by atoms with E-state index in [0.717, 1.165) is 18.7 Å². The molecule has 2 rings (SSSR count). The molecule has 0 saturated heterocycles. The normalized spacial score (nSPS) is 10.3. The van der Waals surface area contributed by atoms with E-state index in [1.165, 1.54) is 0 Å². The number of aromatic nitrogens is 3. The van der Waals surface area contributed by atoms with Gasteiger partial charge in [0.15, 0.2) is 0 Å². The molecule has 2 aromatic rings. The van der Waals surface area contributed by atoms with Crippen molar-refractivity contribution in [1.82, 2.24) is 14.8 Å². The second-order valence-electron chi connectivity index (χ2n) is 4.58. The highest BCUT2D eigenvalue weighted by Gasteiger charge is 2.14. The Labute approximate surface area is 118 Å². The highest BCUT2D eigenvalue weighted by Crippen LogP contribution is 2.15. The number of carbonyl (C=O) groups excluding carboxylic acids is 1. The summed E-state index contributed by atoms with van der Waals surface area (Å²) in [5.41, 5.74) is 1.39. The molecule has 2 heterocycles. The van der Waals surface area contributed by atoms with E-state index < -0.39 is 0 Å². The third-order valence-corrected chi connectivity index (χ3v) is 2.84. The first-order chi connectivity index (χ1) is 9.61. The van der Waals surface area contributed by atoms with Crippen LogP contribution in [-0.4, -0.2) is 27.2 Å². The number of amides is 1. The van der Waals surface area contributed by atoms with Crippen LogP contribution in [0.3, 0.4) is 0 Å². The number of nitrogens with one attached hydrogen (secondary N) is 2.